The van der Waals surface area contributed by atoms with Crippen molar-refractivity contribution < 1.29 is 19.5 Å². The van der Waals surface area contributed by atoms with E-state index in [4.69, 9.17) is 11.6 Å². The van der Waals surface area contributed by atoms with Crippen LogP contribution < -0.4 is 0 Å². The third kappa shape index (κ3) is 2.18. The van der Waals surface area contributed by atoms with Crippen LogP contribution in [0.2, 0.25) is 5.02 Å². The van der Waals surface area contributed by atoms with Crippen LogP contribution in [0.4, 0.5) is 0 Å². The first-order valence-corrected chi connectivity index (χ1v) is 8.37. The molecule has 2 fully saturated rings. The highest BCUT2D eigenvalue weighted by molar-refractivity contribution is 6.30. The fourth-order valence-corrected chi connectivity index (χ4v) is 4.67. The number of amides is 2. The molecule has 1 aromatic rings. The minimum atomic E-state index is -1.06. The summed E-state index contributed by atoms with van der Waals surface area (Å²) < 4.78 is 0. The number of likely N-dealkylation sites (tertiary alicyclic amines) is 1. The van der Waals surface area contributed by atoms with Crippen LogP contribution in [0.5, 0.6) is 0 Å². The summed E-state index contributed by atoms with van der Waals surface area (Å²) >= 11 is 6.01. The number of carbonyl (C=O) groups excluding carboxylic acids is 2. The van der Waals surface area contributed by atoms with Gasteiger partial charge in [-0.2, -0.15) is 0 Å². The Morgan fingerprint density at radius 1 is 1.21 bits per heavy atom. The van der Waals surface area contributed by atoms with E-state index in [1.54, 1.807) is 24.3 Å². The number of rotatable bonds is 4. The molecule has 1 aromatic carbocycles. The first-order valence-electron chi connectivity index (χ1n) is 8.00. The van der Waals surface area contributed by atoms with Crippen LogP contribution in [0.3, 0.4) is 0 Å². The molecule has 0 spiro atoms. The van der Waals surface area contributed by atoms with E-state index in [2.05, 4.69) is 0 Å². The lowest BCUT2D eigenvalue weighted by atomic mass is 9.85. The van der Waals surface area contributed by atoms with Crippen molar-refractivity contribution in [2.45, 2.75) is 18.9 Å². The van der Waals surface area contributed by atoms with Gasteiger partial charge >= 0.3 is 5.97 Å². The van der Waals surface area contributed by atoms with Gasteiger partial charge in [-0.25, -0.2) is 0 Å². The van der Waals surface area contributed by atoms with E-state index in [-0.39, 0.29) is 41.9 Å². The van der Waals surface area contributed by atoms with Crippen LogP contribution in [0.15, 0.2) is 36.4 Å². The van der Waals surface area contributed by atoms with Crippen molar-refractivity contribution in [1.29, 1.82) is 0 Å². The number of carboxylic acids is 1. The highest BCUT2D eigenvalue weighted by Gasteiger charge is 2.60. The summed E-state index contributed by atoms with van der Waals surface area (Å²) in [5, 5.41) is 9.72. The standard InChI is InChI=1S/C18H16ClNO4/c19-12-3-1-2-9(7-12)13(8-14(21)22)20-17(23)15-10-4-5-11(6-10)16(15)18(20)24/h1-5,7,10-11,13,15-16H,6,8H2,(H,21,22). The van der Waals surface area contributed by atoms with Gasteiger partial charge in [0.1, 0.15) is 0 Å². The molecule has 5 nitrogen and oxygen atoms in total. The molecular formula is C18H16ClNO4. The summed E-state index contributed by atoms with van der Waals surface area (Å²) in [6.07, 6.45) is 4.57. The van der Waals surface area contributed by atoms with Gasteiger partial charge in [-0.05, 0) is 36.0 Å². The fraction of sp³-hybridized carbons (Fsp3) is 0.389. The number of fused-ring (bicyclic) bond motifs is 5. The lowest BCUT2D eigenvalue weighted by Crippen LogP contribution is -2.37. The third-order valence-electron chi connectivity index (χ3n) is 5.42. The minimum Gasteiger partial charge on any atom is -0.481 e. The molecule has 2 aliphatic carbocycles. The number of halogens is 1. The zero-order valence-corrected chi connectivity index (χ0v) is 13.5. The maximum Gasteiger partial charge on any atom is 0.305 e. The SMILES string of the molecule is O=C(O)CC(c1cccc(Cl)c1)N1C(=O)C2C3C=CC(C3)C2C1=O. The summed E-state index contributed by atoms with van der Waals surface area (Å²) in [7, 11) is 0. The second-order valence-electron chi connectivity index (χ2n) is 6.72. The van der Waals surface area contributed by atoms with Gasteiger partial charge in [-0.15, -0.1) is 0 Å². The van der Waals surface area contributed by atoms with Crippen LogP contribution in [-0.4, -0.2) is 27.8 Å². The van der Waals surface area contributed by atoms with Crippen molar-refractivity contribution in [3.8, 4) is 0 Å². The third-order valence-corrected chi connectivity index (χ3v) is 5.65. The number of aliphatic carboxylic acids is 1. The second-order valence-corrected chi connectivity index (χ2v) is 7.15. The van der Waals surface area contributed by atoms with E-state index >= 15 is 0 Å². The Morgan fingerprint density at radius 2 is 1.83 bits per heavy atom. The van der Waals surface area contributed by atoms with Gasteiger partial charge in [0.05, 0.1) is 24.3 Å². The molecule has 2 amide bonds. The summed E-state index contributed by atoms with van der Waals surface area (Å²) in [5.74, 6) is -2.00. The van der Waals surface area contributed by atoms with Gasteiger partial charge in [-0.3, -0.25) is 19.3 Å². The van der Waals surface area contributed by atoms with Crippen LogP contribution in [-0.2, 0) is 14.4 Å². The normalized spacial score (nSPS) is 31.6. The zero-order valence-electron chi connectivity index (χ0n) is 12.8. The first-order chi connectivity index (χ1) is 11.5. The Labute approximate surface area is 143 Å². The zero-order chi connectivity index (χ0) is 17.0. The van der Waals surface area contributed by atoms with E-state index in [0.717, 1.165) is 6.42 Å². The molecule has 1 saturated heterocycles. The number of nitrogens with zero attached hydrogens (tertiary/aromatic N) is 1. The minimum absolute atomic E-state index is 0.103. The molecule has 0 radical (unpaired) electrons. The molecule has 1 N–H and O–H groups in total. The van der Waals surface area contributed by atoms with E-state index in [9.17, 15) is 19.5 Å². The Kier molecular flexibility index (Phi) is 3.49. The molecule has 6 heteroatoms. The van der Waals surface area contributed by atoms with Crippen molar-refractivity contribution in [2.75, 3.05) is 0 Å². The maximum absolute atomic E-state index is 12.9. The van der Waals surface area contributed by atoms with E-state index in [1.165, 1.54) is 4.90 Å². The average molecular weight is 346 g/mol. The van der Waals surface area contributed by atoms with Gasteiger partial charge in [0.25, 0.3) is 0 Å². The number of hydrogen-bond donors (Lipinski definition) is 1. The van der Waals surface area contributed by atoms with Crippen molar-refractivity contribution in [3.63, 3.8) is 0 Å². The van der Waals surface area contributed by atoms with Gasteiger partial charge in [0, 0.05) is 5.02 Å². The Bertz CT molecular complexity index is 744. The average Bonchev–Trinajstić information content (AvgIpc) is 3.20. The summed E-state index contributed by atoms with van der Waals surface area (Å²) in [5.41, 5.74) is 0.576. The topological polar surface area (TPSA) is 74.7 Å². The van der Waals surface area contributed by atoms with Crippen LogP contribution in [0.1, 0.15) is 24.4 Å². The number of imide groups is 1. The predicted molar refractivity (Wildman–Crippen MR) is 86.0 cm³/mol. The molecule has 2 bridgehead atoms. The van der Waals surface area contributed by atoms with Crippen molar-refractivity contribution in [2.24, 2.45) is 23.7 Å². The Hall–Kier alpha value is -2.14. The van der Waals surface area contributed by atoms with Gasteiger partial charge in [0.2, 0.25) is 11.8 Å². The smallest absolute Gasteiger partial charge is 0.305 e. The molecule has 4 rings (SSSR count). The van der Waals surface area contributed by atoms with E-state index in [0.29, 0.717) is 10.6 Å². The fourth-order valence-electron chi connectivity index (χ4n) is 4.47. The van der Waals surface area contributed by atoms with Gasteiger partial charge < -0.3 is 5.11 Å². The lowest BCUT2D eigenvalue weighted by Gasteiger charge is -2.27. The summed E-state index contributed by atoms with van der Waals surface area (Å²) in [6.45, 7) is 0. The number of benzene rings is 1. The summed E-state index contributed by atoms with van der Waals surface area (Å²) in [6, 6.07) is 5.89. The van der Waals surface area contributed by atoms with Crippen molar-refractivity contribution in [1.82, 2.24) is 4.90 Å². The predicted octanol–water partition coefficient (Wildman–Crippen LogP) is 2.66. The maximum atomic E-state index is 12.9. The number of carbonyl (C=O) groups is 3. The Morgan fingerprint density at radius 3 is 2.38 bits per heavy atom. The van der Waals surface area contributed by atoms with Crippen LogP contribution >= 0.6 is 11.6 Å². The number of hydrogen-bond acceptors (Lipinski definition) is 3. The highest BCUT2D eigenvalue weighted by Crippen LogP contribution is 2.54. The number of carboxylic acid groups (broad SMARTS) is 1. The molecule has 5 unspecified atom stereocenters. The second kappa shape index (κ2) is 5.45. The molecular weight excluding hydrogens is 330 g/mol. The Balaban J connectivity index is 1.72. The first kappa shape index (κ1) is 15.4. The molecule has 1 saturated carbocycles. The number of allylic oxidation sites excluding steroid dienone is 2. The molecule has 24 heavy (non-hydrogen) atoms. The quantitative estimate of drug-likeness (QED) is 0.672. The van der Waals surface area contributed by atoms with E-state index in [1.807, 2.05) is 12.2 Å². The van der Waals surface area contributed by atoms with Gasteiger partial charge in [0.15, 0.2) is 0 Å². The molecule has 124 valence electrons. The molecule has 5 atom stereocenters. The van der Waals surface area contributed by atoms with Crippen molar-refractivity contribution in [3.05, 3.63) is 47.0 Å². The van der Waals surface area contributed by atoms with Gasteiger partial charge in [-0.1, -0.05) is 35.9 Å². The van der Waals surface area contributed by atoms with E-state index < -0.39 is 12.0 Å². The molecule has 0 aromatic heterocycles. The van der Waals surface area contributed by atoms with Crippen molar-refractivity contribution >= 4 is 29.4 Å². The van der Waals surface area contributed by atoms with Crippen LogP contribution in [0.25, 0.3) is 0 Å². The van der Waals surface area contributed by atoms with Crippen LogP contribution in [0, 0.1) is 23.7 Å². The monoisotopic (exact) mass is 345 g/mol. The highest BCUT2D eigenvalue weighted by atomic mass is 35.5. The molecule has 1 heterocycles. The summed E-state index contributed by atoms with van der Waals surface area (Å²) in [4.78, 5) is 38.3. The lowest BCUT2D eigenvalue weighted by molar-refractivity contribution is -0.146. The molecule has 3 aliphatic rings. The largest absolute Gasteiger partial charge is 0.481 e. The molecule has 1 aliphatic heterocycles.